The zero-order chi connectivity index (χ0) is 10.4. The summed E-state index contributed by atoms with van der Waals surface area (Å²) in [5.41, 5.74) is 0.283. The summed E-state index contributed by atoms with van der Waals surface area (Å²) in [6, 6.07) is 2.20. The predicted octanol–water partition coefficient (Wildman–Crippen LogP) is 1.36. The zero-order valence-corrected chi connectivity index (χ0v) is 9.34. The number of nitrogens with one attached hydrogen (secondary N) is 1. The number of piperazine rings is 1. The highest BCUT2D eigenvalue weighted by Gasteiger charge is 2.28. The van der Waals surface area contributed by atoms with Crippen LogP contribution < -0.4 is 5.32 Å². The number of nitrogens with zero attached hydrogens (tertiary/aromatic N) is 2. The molecule has 1 saturated heterocycles. The SMILES string of the molecule is CC1(C)CNCCN1CCCCC#N. The highest BCUT2D eigenvalue weighted by Crippen LogP contribution is 2.16. The van der Waals surface area contributed by atoms with E-state index in [-0.39, 0.29) is 5.54 Å². The van der Waals surface area contributed by atoms with Crippen LogP contribution >= 0.6 is 0 Å². The summed E-state index contributed by atoms with van der Waals surface area (Å²) in [4.78, 5) is 2.53. The molecule has 0 aromatic heterocycles. The van der Waals surface area contributed by atoms with E-state index in [0.717, 1.165) is 39.0 Å². The van der Waals surface area contributed by atoms with Gasteiger partial charge in [0, 0.05) is 31.6 Å². The second kappa shape index (κ2) is 5.33. The van der Waals surface area contributed by atoms with Crippen LogP contribution in [0.1, 0.15) is 33.1 Å². The third kappa shape index (κ3) is 3.28. The van der Waals surface area contributed by atoms with Crippen LogP contribution in [0, 0.1) is 11.3 Å². The average Bonchev–Trinajstić information content (AvgIpc) is 2.14. The zero-order valence-electron chi connectivity index (χ0n) is 9.34. The topological polar surface area (TPSA) is 39.1 Å². The van der Waals surface area contributed by atoms with Gasteiger partial charge in [0.1, 0.15) is 0 Å². The molecule has 0 aliphatic carbocycles. The Morgan fingerprint density at radius 3 is 2.86 bits per heavy atom. The van der Waals surface area contributed by atoms with Gasteiger partial charge >= 0.3 is 0 Å². The third-order valence-electron chi connectivity index (χ3n) is 2.94. The molecule has 1 aliphatic heterocycles. The lowest BCUT2D eigenvalue weighted by Crippen LogP contribution is -2.57. The van der Waals surface area contributed by atoms with Crippen LogP contribution in [0.15, 0.2) is 0 Å². The predicted molar refractivity (Wildman–Crippen MR) is 58.0 cm³/mol. The van der Waals surface area contributed by atoms with E-state index in [0.29, 0.717) is 6.42 Å². The van der Waals surface area contributed by atoms with Gasteiger partial charge in [-0.2, -0.15) is 5.26 Å². The number of unbranched alkanes of at least 4 members (excludes halogenated alkanes) is 2. The van der Waals surface area contributed by atoms with Crippen LogP contribution in [0.4, 0.5) is 0 Å². The van der Waals surface area contributed by atoms with Crippen LogP contribution in [-0.2, 0) is 0 Å². The molecule has 0 atom stereocenters. The quantitative estimate of drug-likeness (QED) is 0.689. The molecule has 14 heavy (non-hydrogen) atoms. The first kappa shape index (κ1) is 11.5. The summed E-state index contributed by atoms with van der Waals surface area (Å²) in [5, 5.41) is 11.8. The molecule has 1 heterocycles. The fourth-order valence-electron chi connectivity index (χ4n) is 1.94. The molecule has 1 N–H and O–H groups in total. The third-order valence-corrected chi connectivity index (χ3v) is 2.94. The van der Waals surface area contributed by atoms with Crippen molar-refractivity contribution in [3.8, 4) is 6.07 Å². The van der Waals surface area contributed by atoms with Gasteiger partial charge in [-0.25, -0.2) is 0 Å². The molecule has 1 aliphatic rings. The first-order valence-electron chi connectivity index (χ1n) is 5.49. The molecule has 0 amide bonds. The molecule has 1 rings (SSSR count). The second-order valence-corrected chi connectivity index (χ2v) is 4.59. The lowest BCUT2D eigenvalue weighted by molar-refractivity contribution is 0.0889. The fourth-order valence-corrected chi connectivity index (χ4v) is 1.94. The van der Waals surface area contributed by atoms with Gasteiger partial charge < -0.3 is 5.32 Å². The van der Waals surface area contributed by atoms with Crippen molar-refractivity contribution in [3.05, 3.63) is 0 Å². The maximum absolute atomic E-state index is 8.43. The van der Waals surface area contributed by atoms with E-state index in [1.54, 1.807) is 0 Å². The lowest BCUT2D eigenvalue weighted by atomic mass is 9.99. The largest absolute Gasteiger partial charge is 0.314 e. The first-order chi connectivity index (χ1) is 6.67. The molecular formula is C11H21N3. The van der Waals surface area contributed by atoms with Crippen molar-refractivity contribution >= 4 is 0 Å². The van der Waals surface area contributed by atoms with Crippen LogP contribution in [0.3, 0.4) is 0 Å². The van der Waals surface area contributed by atoms with Gasteiger partial charge in [-0.1, -0.05) is 0 Å². The van der Waals surface area contributed by atoms with Gasteiger partial charge in [0.15, 0.2) is 0 Å². The summed E-state index contributed by atoms with van der Waals surface area (Å²) in [6.45, 7) is 9.01. The normalized spacial score (nSPS) is 21.8. The number of rotatable bonds is 4. The molecule has 80 valence electrons. The monoisotopic (exact) mass is 195 g/mol. The smallest absolute Gasteiger partial charge is 0.0621 e. The molecule has 0 spiro atoms. The Hall–Kier alpha value is -0.590. The van der Waals surface area contributed by atoms with Gasteiger partial charge in [0.25, 0.3) is 0 Å². The van der Waals surface area contributed by atoms with Crippen LogP contribution in [0.5, 0.6) is 0 Å². The Balaban J connectivity index is 2.24. The van der Waals surface area contributed by atoms with E-state index in [4.69, 9.17) is 5.26 Å². The molecule has 3 nitrogen and oxygen atoms in total. The van der Waals surface area contributed by atoms with Crippen molar-refractivity contribution in [1.29, 1.82) is 5.26 Å². The van der Waals surface area contributed by atoms with E-state index >= 15 is 0 Å². The minimum Gasteiger partial charge on any atom is -0.314 e. The molecule has 0 bridgehead atoms. The highest BCUT2D eigenvalue weighted by atomic mass is 15.2. The maximum Gasteiger partial charge on any atom is 0.0621 e. The number of hydrogen-bond acceptors (Lipinski definition) is 3. The minimum atomic E-state index is 0.283. The van der Waals surface area contributed by atoms with E-state index < -0.39 is 0 Å². The Morgan fingerprint density at radius 1 is 1.43 bits per heavy atom. The average molecular weight is 195 g/mol. The maximum atomic E-state index is 8.43. The van der Waals surface area contributed by atoms with Gasteiger partial charge in [0.2, 0.25) is 0 Å². The number of hydrogen-bond donors (Lipinski definition) is 1. The summed E-state index contributed by atoms with van der Waals surface area (Å²) >= 11 is 0. The van der Waals surface area contributed by atoms with Crippen molar-refractivity contribution < 1.29 is 0 Å². The Bertz CT molecular complexity index is 205. The summed E-state index contributed by atoms with van der Waals surface area (Å²) in [5.74, 6) is 0. The standard InChI is InChI=1S/C11H21N3/c1-11(2)10-13-7-9-14(11)8-5-3-4-6-12/h13H,3-5,7-10H2,1-2H3. The molecule has 0 saturated carbocycles. The molecule has 3 heteroatoms. The molecule has 0 radical (unpaired) electrons. The fraction of sp³-hybridized carbons (Fsp3) is 0.909. The molecule has 1 fully saturated rings. The summed E-state index contributed by atoms with van der Waals surface area (Å²) in [6.07, 6.45) is 2.89. The first-order valence-corrected chi connectivity index (χ1v) is 5.49. The van der Waals surface area contributed by atoms with Crippen molar-refractivity contribution in [1.82, 2.24) is 10.2 Å². The Labute approximate surface area is 87.1 Å². The summed E-state index contributed by atoms with van der Waals surface area (Å²) in [7, 11) is 0. The van der Waals surface area contributed by atoms with Gasteiger partial charge in [-0.05, 0) is 33.2 Å². The van der Waals surface area contributed by atoms with Crippen LogP contribution in [-0.4, -0.2) is 36.6 Å². The van der Waals surface area contributed by atoms with Crippen molar-refractivity contribution in [3.63, 3.8) is 0 Å². The van der Waals surface area contributed by atoms with E-state index in [1.165, 1.54) is 0 Å². The molecular weight excluding hydrogens is 174 g/mol. The molecule has 0 unspecified atom stereocenters. The second-order valence-electron chi connectivity index (χ2n) is 4.59. The molecule has 0 aromatic rings. The van der Waals surface area contributed by atoms with Crippen molar-refractivity contribution in [2.45, 2.75) is 38.6 Å². The molecule has 0 aromatic carbocycles. The Kier molecular flexibility index (Phi) is 4.37. The van der Waals surface area contributed by atoms with Gasteiger partial charge in [0.05, 0.1) is 6.07 Å². The van der Waals surface area contributed by atoms with Crippen LogP contribution in [0.2, 0.25) is 0 Å². The van der Waals surface area contributed by atoms with E-state index in [1.807, 2.05) is 0 Å². The van der Waals surface area contributed by atoms with E-state index in [9.17, 15) is 0 Å². The lowest BCUT2D eigenvalue weighted by Gasteiger charge is -2.42. The Morgan fingerprint density at radius 2 is 2.21 bits per heavy atom. The van der Waals surface area contributed by atoms with Gasteiger partial charge in [-0.3, -0.25) is 4.90 Å². The van der Waals surface area contributed by atoms with E-state index in [2.05, 4.69) is 30.1 Å². The van der Waals surface area contributed by atoms with Crippen molar-refractivity contribution in [2.75, 3.05) is 26.2 Å². The van der Waals surface area contributed by atoms with Crippen LogP contribution in [0.25, 0.3) is 0 Å². The highest BCUT2D eigenvalue weighted by molar-refractivity contribution is 4.88. The van der Waals surface area contributed by atoms with Crippen molar-refractivity contribution in [2.24, 2.45) is 0 Å². The minimum absolute atomic E-state index is 0.283. The van der Waals surface area contributed by atoms with Gasteiger partial charge in [-0.15, -0.1) is 0 Å². The summed E-state index contributed by atoms with van der Waals surface area (Å²) < 4.78 is 0. The number of nitriles is 1.